The van der Waals surface area contributed by atoms with Crippen molar-refractivity contribution in [3.63, 3.8) is 0 Å². The van der Waals surface area contributed by atoms with Crippen LogP contribution in [-0.2, 0) is 13.0 Å². The van der Waals surface area contributed by atoms with E-state index in [1.54, 1.807) is 0 Å². The smallest absolute Gasteiger partial charge is 0.127 e. The van der Waals surface area contributed by atoms with Gasteiger partial charge in [-0.15, -0.1) is 0 Å². The van der Waals surface area contributed by atoms with Gasteiger partial charge in [0.15, 0.2) is 0 Å². The SMILES string of the molecule is CC(C)(C)C1CNCCN1Cc1cc(Br)cc2c1OCC2. The van der Waals surface area contributed by atoms with Gasteiger partial charge in [-0.3, -0.25) is 4.90 Å². The highest BCUT2D eigenvalue weighted by Gasteiger charge is 2.33. The first-order valence-electron chi connectivity index (χ1n) is 7.84. The molecule has 2 aliphatic heterocycles. The van der Waals surface area contributed by atoms with E-state index in [0.717, 1.165) is 45.0 Å². The van der Waals surface area contributed by atoms with Crippen LogP contribution < -0.4 is 10.1 Å². The normalized spacial score (nSPS) is 23.0. The molecule has 2 aliphatic rings. The average Bonchev–Trinajstić information content (AvgIpc) is 2.86. The third kappa shape index (κ3) is 3.27. The highest BCUT2D eigenvalue weighted by Crippen LogP contribution is 2.35. The molecule has 1 aromatic rings. The number of fused-ring (bicyclic) bond motifs is 1. The molecule has 3 rings (SSSR count). The molecule has 0 spiro atoms. The summed E-state index contributed by atoms with van der Waals surface area (Å²) in [6, 6.07) is 4.98. The third-order valence-corrected chi connectivity index (χ3v) is 5.01. The van der Waals surface area contributed by atoms with E-state index in [1.165, 1.54) is 15.6 Å². The second kappa shape index (κ2) is 5.90. The Kier molecular flexibility index (Phi) is 4.30. The Hall–Kier alpha value is -0.580. The van der Waals surface area contributed by atoms with Crippen LogP contribution in [0, 0.1) is 5.41 Å². The van der Waals surface area contributed by atoms with E-state index in [-0.39, 0.29) is 5.41 Å². The van der Waals surface area contributed by atoms with E-state index in [4.69, 9.17) is 4.74 Å². The van der Waals surface area contributed by atoms with Gasteiger partial charge in [0, 0.05) is 48.7 Å². The molecule has 1 unspecified atom stereocenters. The summed E-state index contributed by atoms with van der Waals surface area (Å²) in [4.78, 5) is 2.61. The molecule has 21 heavy (non-hydrogen) atoms. The van der Waals surface area contributed by atoms with Crippen molar-refractivity contribution in [2.45, 2.75) is 39.8 Å². The van der Waals surface area contributed by atoms with Crippen molar-refractivity contribution in [2.75, 3.05) is 26.2 Å². The van der Waals surface area contributed by atoms with Gasteiger partial charge in [-0.2, -0.15) is 0 Å². The minimum atomic E-state index is 0.281. The molecule has 116 valence electrons. The van der Waals surface area contributed by atoms with Crippen LogP contribution >= 0.6 is 15.9 Å². The van der Waals surface area contributed by atoms with E-state index in [0.29, 0.717) is 6.04 Å². The summed E-state index contributed by atoms with van der Waals surface area (Å²) < 4.78 is 7.05. The van der Waals surface area contributed by atoms with E-state index in [9.17, 15) is 0 Å². The highest BCUT2D eigenvalue weighted by molar-refractivity contribution is 9.10. The van der Waals surface area contributed by atoms with Crippen molar-refractivity contribution in [3.05, 3.63) is 27.7 Å². The number of ether oxygens (including phenoxy) is 1. The number of nitrogens with zero attached hydrogens (tertiary/aromatic N) is 1. The molecule has 0 radical (unpaired) electrons. The summed E-state index contributed by atoms with van der Waals surface area (Å²) in [5.41, 5.74) is 2.96. The monoisotopic (exact) mass is 352 g/mol. The molecule has 1 N–H and O–H groups in total. The van der Waals surface area contributed by atoms with Gasteiger partial charge in [0.2, 0.25) is 0 Å². The minimum absolute atomic E-state index is 0.281. The fourth-order valence-electron chi connectivity index (χ4n) is 3.47. The van der Waals surface area contributed by atoms with E-state index < -0.39 is 0 Å². The van der Waals surface area contributed by atoms with E-state index >= 15 is 0 Å². The van der Waals surface area contributed by atoms with Gasteiger partial charge < -0.3 is 10.1 Å². The van der Waals surface area contributed by atoms with Crippen LogP contribution in [0.25, 0.3) is 0 Å². The zero-order valence-corrected chi connectivity index (χ0v) is 14.8. The number of hydrogen-bond acceptors (Lipinski definition) is 3. The maximum absolute atomic E-state index is 5.88. The summed E-state index contributed by atoms with van der Waals surface area (Å²) in [6.07, 6.45) is 1.03. The number of rotatable bonds is 2. The molecule has 0 amide bonds. The molecule has 0 bridgehead atoms. The van der Waals surface area contributed by atoms with Crippen molar-refractivity contribution in [2.24, 2.45) is 5.41 Å². The zero-order valence-electron chi connectivity index (χ0n) is 13.2. The summed E-state index contributed by atoms with van der Waals surface area (Å²) in [5.74, 6) is 1.13. The van der Waals surface area contributed by atoms with Crippen molar-refractivity contribution in [3.8, 4) is 5.75 Å². The van der Waals surface area contributed by atoms with E-state index in [1.807, 2.05) is 0 Å². The Bertz CT molecular complexity index is 524. The standard InChI is InChI=1S/C17H25BrN2O/c1-17(2,3)15-10-19-5-6-20(15)11-13-9-14(18)8-12-4-7-21-16(12)13/h8-9,15,19H,4-7,10-11H2,1-3H3. The second-order valence-electron chi connectivity index (χ2n) is 7.21. The first-order chi connectivity index (χ1) is 9.95. The van der Waals surface area contributed by atoms with Crippen LogP contribution in [-0.4, -0.2) is 37.2 Å². The molecule has 4 heteroatoms. The molecular weight excluding hydrogens is 328 g/mol. The maximum atomic E-state index is 5.88. The summed E-state index contributed by atoms with van der Waals surface area (Å²) in [5, 5.41) is 3.54. The predicted molar refractivity (Wildman–Crippen MR) is 89.9 cm³/mol. The first-order valence-corrected chi connectivity index (χ1v) is 8.63. The second-order valence-corrected chi connectivity index (χ2v) is 8.12. The molecule has 0 aromatic heterocycles. The number of nitrogens with one attached hydrogen (secondary N) is 1. The number of halogens is 1. The molecule has 1 saturated heterocycles. The van der Waals surface area contributed by atoms with Gasteiger partial charge in [-0.25, -0.2) is 0 Å². The summed E-state index contributed by atoms with van der Waals surface area (Å²) in [7, 11) is 0. The molecule has 1 atom stereocenters. The Balaban J connectivity index is 1.85. The fraction of sp³-hybridized carbons (Fsp3) is 0.647. The largest absolute Gasteiger partial charge is 0.493 e. The van der Waals surface area contributed by atoms with Crippen LogP contribution in [0.3, 0.4) is 0 Å². The highest BCUT2D eigenvalue weighted by atomic mass is 79.9. The van der Waals surface area contributed by atoms with Gasteiger partial charge >= 0.3 is 0 Å². The number of benzene rings is 1. The van der Waals surface area contributed by atoms with Crippen LogP contribution in [0.15, 0.2) is 16.6 Å². The molecule has 1 aromatic carbocycles. The molecular formula is C17H25BrN2O. The summed E-state index contributed by atoms with van der Waals surface area (Å²) in [6.45, 7) is 12.0. The summed E-state index contributed by atoms with van der Waals surface area (Å²) >= 11 is 3.65. The van der Waals surface area contributed by atoms with Crippen LogP contribution in [0.1, 0.15) is 31.9 Å². The maximum Gasteiger partial charge on any atom is 0.127 e. The van der Waals surface area contributed by atoms with Crippen LogP contribution in [0.4, 0.5) is 0 Å². The van der Waals surface area contributed by atoms with Gasteiger partial charge in [-0.1, -0.05) is 36.7 Å². The van der Waals surface area contributed by atoms with Gasteiger partial charge in [0.05, 0.1) is 6.61 Å². The number of piperazine rings is 1. The van der Waals surface area contributed by atoms with Crippen molar-refractivity contribution >= 4 is 15.9 Å². The van der Waals surface area contributed by atoms with Gasteiger partial charge in [0.1, 0.15) is 5.75 Å². The average molecular weight is 353 g/mol. The van der Waals surface area contributed by atoms with Gasteiger partial charge in [-0.05, 0) is 23.1 Å². The minimum Gasteiger partial charge on any atom is -0.493 e. The van der Waals surface area contributed by atoms with Gasteiger partial charge in [0.25, 0.3) is 0 Å². The lowest BCUT2D eigenvalue weighted by atomic mass is 9.84. The lowest BCUT2D eigenvalue weighted by Gasteiger charge is -2.43. The Morgan fingerprint density at radius 2 is 2.19 bits per heavy atom. The quantitative estimate of drug-likeness (QED) is 0.884. The Labute approximate surface area is 136 Å². The Morgan fingerprint density at radius 1 is 1.38 bits per heavy atom. The molecule has 0 aliphatic carbocycles. The lowest BCUT2D eigenvalue weighted by molar-refractivity contribution is 0.0682. The molecule has 0 saturated carbocycles. The molecule has 1 fully saturated rings. The molecule has 3 nitrogen and oxygen atoms in total. The lowest BCUT2D eigenvalue weighted by Crippen LogP contribution is -2.56. The first kappa shape index (κ1) is 15.3. The van der Waals surface area contributed by atoms with Crippen molar-refractivity contribution < 1.29 is 4.74 Å². The topological polar surface area (TPSA) is 24.5 Å². The molecule has 2 heterocycles. The predicted octanol–water partition coefficient (Wildman–Crippen LogP) is 3.20. The Morgan fingerprint density at radius 3 is 2.95 bits per heavy atom. The van der Waals surface area contributed by atoms with Crippen molar-refractivity contribution in [1.82, 2.24) is 10.2 Å². The van der Waals surface area contributed by atoms with E-state index in [2.05, 4.69) is 59.1 Å². The zero-order chi connectivity index (χ0) is 15.0. The van der Waals surface area contributed by atoms with Crippen LogP contribution in [0.5, 0.6) is 5.75 Å². The fourth-order valence-corrected chi connectivity index (χ4v) is 4.02. The number of hydrogen-bond donors (Lipinski definition) is 1. The third-order valence-electron chi connectivity index (χ3n) is 4.55. The van der Waals surface area contributed by atoms with Crippen molar-refractivity contribution in [1.29, 1.82) is 0 Å². The van der Waals surface area contributed by atoms with Crippen LogP contribution in [0.2, 0.25) is 0 Å².